The Balaban J connectivity index is 2.08. The zero-order valence-corrected chi connectivity index (χ0v) is 10.8. The first-order valence-electron chi connectivity index (χ1n) is 6.55. The van der Waals surface area contributed by atoms with Gasteiger partial charge in [-0.2, -0.15) is 0 Å². The highest BCUT2D eigenvalue weighted by molar-refractivity contribution is 5.87. The van der Waals surface area contributed by atoms with E-state index in [1.54, 1.807) is 6.92 Å². The molecule has 3 heteroatoms. The van der Waals surface area contributed by atoms with Crippen LogP contribution in [0.1, 0.15) is 52.4 Å². The number of ether oxygens (including phenoxy) is 2. The molecule has 2 aliphatic rings. The zero-order chi connectivity index (χ0) is 12.5. The van der Waals surface area contributed by atoms with Crippen LogP contribution in [-0.2, 0) is 14.3 Å². The molecule has 1 aliphatic carbocycles. The number of carbonyl (C=O) groups excluding carboxylic acids is 1. The monoisotopic (exact) mass is 238 g/mol. The van der Waals surface area contributed by atoms with Gasteiger partial charge in [0.15, 0.2) is 0 Å². The minimum atomic E-state index is -0.359. The fourth-order valence-corrected chi connectivity index (χ4v) is 3.12. The molecule has 0 bridgehead atoms. The van der Waals surface area contributed by atoms with Crippen LogP contribution in [0.3, 0.4) is 0 Å². The third-order valence-corrected chi connectivity index (χ3v) is 3.96. The van der Waals surface area contributed by atoms with Crippen LogP contribution in [0.5, 0.6) is 0 Å². The summed E-state index contributed by atoms with van der Waals surface area (Å²) in [5.41, 5.74) is 0.516. The molecule has 1 saturated heterocycles. The van der Waals surface area contributed by atoms with E-state index in [0.29, 0.717) is 5.57 Å². The van der Waals surface area contributed by atoms with Gasteiger partial charge in [0.25, 0.3) is 0 Å². The lowest BCUT2D eigenvalue weighted by Crippen LogP contribution is -2.36. The summed E-state index contributed by atoms with van der Waals surface area (Å²) in [5.74, 6) is -0.325. The molecule has 1 aliphatic heterocycles. The summed E-state index contributed by atoms with van der Waals surface area (Å²) in [4.78, 5) is 11.6. The highest BCUT2D eigenvalue weighted by Crippen LogP contribution is 2.49. The van der Waals surface area contributed by atoms with Gasteiger partial charge in [0.2, 0.25) is 6.29 Å². The maximum Gasteiger partial charge on any atom is 0.335 e. The van der Waals surface area contributed by atoms with E-state index in [1.165, 1.54) is 19.3 Å². The molecule has 1 spiro atoms. The molecule has 2 atom stereocenters. The topological polar surface area (TPSA) is 35.5 Å². The Bertz CT molecular complexity index is 315. The van der Waals surface area contributed by atoms with Crippen molar-refractivity contribution in [1.29, 1.82) is 0 Å². The second-order valence-electron chi connectivity index (χ2n) is 5.59. The Hall–Kier alpha value is -0.830. The summed E-state index contributed by atoms with van der Waals surface area (Å²) in [6.45, 7) is 7.35. The lowest BCUT2D eigenvalue weighted by molar-refractivity contribution is -0.191. The van der Waals surface area contributed by atoms with Crippen molar-refractivity contribution >= 4 is 5.97 Å². The Morgan fingerprint density at radius 1 is 1.35 bits per heavy atom. The standard InChI is InChI=1S/C14H22O3/c1-10(2)12(15)17-13-14(9-11(3)16-13)7-5-4-6-8-14/h11,13H,1,4-9H2,2-3H3. The fraction of sp³-hybridized carbons (Fsp3) is 0.786. The summed E-state index contributed by atoms with van der Waals surface area (Å²) >= 11 is 0. The number of carbonyl (C=O) groups is 1. The molecule has 0 amide bonds. The molecule has 2 rings (SSSR count). The van der Waals surface area contributed by atoms with Gasteiger partial charge in [0.05, 0.1) is 6.10 Å². The summed E-state index contributed by atoms with van der Waals surface area (Å²) in [6, 6.07) is 0. The van der Waals surface area contributed by atoms with E-state index in [0.717, 1.165) is 19.3 Å². The fourth-order valence-electron chi connectivity index (χ4n) is 3.12. The molecule has 0 aromatic rings. The van der Waals surface area contributed by atoms with Crippen LogP contribution in [-0.4, -0.2) is 18.4 Å². The highest BCUT2D eigenvalue weighted by Gasteiger charge is 2.49. The second-order valence-corrected chi connectivity index (χ2v) is 5.59. The first-order chi connectivity index (χ1) is 8.03. The maximum absolute atomic E-state index is 11.6. The Kier molecular flexibility index (Phi) is 3.57. The van der Waals surface area contributed by atoms with Crippen LogP contribution in [0.4, 0.5) is 0 Å². The van der Waals surface area contributed by atoms with E-state index in [4.69, 9.17) is 9.47 Å². The Labute approximate surface area is 103 Å². The van der Waals surface area contributed by atoms with Gasteiger partial charge < -0.3 is 9.47 Å². The van der Waals surface area contributed by atoms with Gasteiger partial charge >= 0.3 is 5.97 Å². The predicted molar refractivity (Wildman–Crippen MR) is 65.4 cm³/mol. The molecule has 0 aromatic heterocycles. The molecule has 17 heavy (non-hydrogen) atoms. The van der Waals surface area contributed by atoms with Gasteiger partial charge in [0.1, 0.15) is 0 Å². The number of hydrogen-bond acceptors (Lipinski definition) is 3. The Morgan fingerprint density at radius 2 is 2.00 bits per heavy atom. The quantitative estimate of drug-likeness (QED) is 0.547. The van der Waals surface area contributed by atoms with E-state index in [-0.39, 0.29) is 23.8 Å². The number of hydrogen-bond donors (Lipinski definition) is 0. The van der Waals surface area contributed by atoms with Gasteiger partial charge in [-0.05, 0) is 33.1 Å². The van der Waals surface area contributed by atoms with E-state index >= 15 is 0 Å². The van der Waals surface area contributed by atoms with Crippen molar-refractivity contribution in [3.05, 3.63) is 12.2 Å². The predicted octanol–water partition coefficient (Wildman–Crippen LogP) is 3.19. The summed E-state index contributed by atoms with van der Waals surface area (Å²) < 4.78 is 11.3. The molecule has 3 nitrogen and oxygen atoms in total. The average Bonchev–Trinajstić information content (AvgIpc) is 2.56. The van der Waals surface area contributed by atoms with Crippen molar-refractivity contribution in [3.8, 4) is 0 Å². The molecule has 1 heterocycles. The zero-order valence-electron chi connectivity index (χ0n) is 10.8. The van der Waals surface area contributed by atoms with Crippen molar-refractivity contribution < 1.29 is 14.3 Å². The van der Waals surface area contributed by atoms with Crippen LogP contribution in [0.2, 0.25) is 0 Å². The van der Waals surface area contributed by atoms with Gasteiger partial charge in [-0.15, -0.1) is 0 Å². The number of esters is 1. The van der Waals surface area contributed by atoms with Crippen LogP contribution < -0.4 is 0 Å². The molecule has 2 fully saturated rings. The second kappa shape index (κ2) is 4.81. The smallest absolute Gasteiger partial charge is 0.335 e. The normalized spacial score (nSPS) is 31.4. The third kappa shape index (κ3) is 2.54. The van der Waals surface area contributed by atoms with E-state index in [1.807, 2.05) is 0 Å². The van der Waals surface area contributed by atoms with E-state index < -0.39 is 0 Å². The van der Waals surface area contributed by atoms with Crippen molar-refractivity contribution in [2.75, 3.05) is 0 Å². The van der Waals surface area contributed by atoms with Crippen LogP contribution in [0.25, 0.3) is 0 Å². The lowest BCUT2D eigenvalue weighted by atomic mass is 9.71. The van der Waals surface area contributed by atoms with Gasteiger partial charge in [-0.25, -0.2) is 4.79 Å². The minimum absolute atomic E-state index is 0.0722. The SMILES string of the molecule is C=C(C)C(=O)OC1OC(C)CC12CCCCC2. The van der Waals surface area contributed by atoms with Crippen LogP contribution in [0, 0.1) is 5.41 Å². The summed E-state index contributed by atoms with van der Waals surface area (Å²) in [6.07, 6.45) is 6.81. The van der Waals surface area contributed by atoms with Gasteiger partial charge in [-0.3, -0.25) is 0 Å². The molecular weight excluding hydrogens is 216 g/mol. The Morgan fingerprint density at radius 3 is 2.59 bits per heavy atom. The van der Waals surface area contributed by atoms with Crippen molar-refractivity contribution in [3.63, 3.8) is 0 Å². The highest BCUT2D eigenvalue weighted by atomic mass is 16.7. The van der Waals surface area contributed by atoms with Gasteiger partial charge in [0, 0.05) is 11.0 Å². The van der Waals surface area contributed by atoms with Gasteiger partial charge in [-0.1, -0.05) is 25.8 Å². The molecular formula is C14H22O3. The largest absolute Gasteiger partial charge is 0.432 e. The molecule has 0 N–H and O–H groups in total. The molecule has 96 valence electrons. The van der Waals surface area contributed by atoms with Crippen molar-refractivity contribution in [2.45, 2.75) is 64.8 Å². The maximum atomic E-state index is 11.6. The molecule has 2 unspecified atom stereocenters. The first kappa shape index (κ1) is 12.6. The van der Waals surface area contributed by atoms with Crippen LogP contribution >= 0.6 is 0 Å². The third-order valence-electron chi connectivity index (χ3n) is 3.96. The van der Waals surface area contributed by atoms with Crippen molar-refractivity contribution in [1.82, 2.24) is 0 Å². The first-order valence-corrected chi connectivity index (χ1v) is 6.55. The molecule has 0 radical (unpaired) electrons. The number of rotatable bonds is 2. The van der Waals surface area contributed by atoms with E-state index in [9.17, 15) is 4.79 Å². The lowest BCUT2D eigenvalue weighted by Gasteiger charge is -2.36. The van der Waals surface area contributed by atoms with Crippen molar-refractivity contribution in [2.24, 2.45) is 5.41 Å². The van der Waals surface area contributed by atoms with E-state index in [2.05, 4.69) is 13.5 Å². The minimum Gasteiger partial charge on any atom is -0.432 e. The summed E-state index contributed by atoms with van der Waals surface area (Å²) in [7, 11) is 0. The average molecular weight is 238 g/mol. The van der Waals surface area contributed by atoms with Crippen LogP contribution in [0.15, 0.2) is 12.2 Å². The summed E-state index contributed by atoms with van der Waals surface area (Å²) in [5, 5.41) is 0. The molecule has 1 saturated carbocycles. The molecule has 0 aromatic carbocycles.